The van der Waals surface area contributed by atoms with Gasteiger partial charge in [-0.15, -0.1) is 0 Å². The van der Waals surface area contributed by atoms with Gasteiger partial charge in [0.1, 0.15) is 5.82 Å². The van der Waals surface area contributed by atoms with Crippen LogP contribution in [0.5, 0.6) is 0 Å². The summed E-state index contributed by atoms with van der Waals surface area (Å²) in [6, 6.07) is 4.38. The Morgan fingerprint density at radius 1 is 1.50 bits per heavy atom. The molecule has 0 aliphatic rings. The molecule has 3 nitrogen and oxygen atoms in total. The summed E-state index contributed by atoms with van der Waals surface area (Å²) >= 11 is 0. The van der Waals surface area contributed by atoms with Gasteiger partial charge in [0.2, 0.25) is 0 Å². The van der Waals surface area contributed by atoms with Crippen LogP contribution in [0.4, 0.5) is 15.8 Å². The van der Waals surface area contributed by atoms with E-state index in [1.807, 2.05) is 11.9 Å². The predicted molar refractivity (Wildman–Crippen MR) is 56.0 cm³/mol. The minimum absolute atomic E-state index is 0.314. The number of hydrogen-bond acceptors (Lipinski definition) is 3. The normalized spacial score (nSPS) is 10.2. The molecule has 0 aromatic heterocycles. The molecule has 78 valence electrons. The molecule has 0 unspecified atom stereocenters. The number of nitrogens with zero attached hydrogens (tertiary/aromatic N) is 1. The average molecular weight is 198 g/mol. The first-order valence-corrected chi connectivity index (χ1v) is 4.40. The first kappa shape index (κ1) is 10.8. The predicted octanol–water partition coefficient (Wildman–Crippen LogP) is 1.49. The monoisotopic (exact) mass is 198 g/mol. The van der Waals surface area contributed by atoms with E-state index >= 15 is 0 Å². The Hall–Kier alpha value is -1.29. The van der Waals surface area contributed by atoms with E-state index in [0.29, 0.717) is 12.3 Å². The second-order valence-electron chi connectivity index (χ2n) is 3.12. The van der Waals surface area contributed by atoms with Crippen LogP contribution in [0.2, 0.25) is 0 Å². The molecule has 0 heterocycles. The number of ether oxygens (including phenoxy) is 1. The minimum atomic E-state index is -0.314. The molecule has 0 saturated heterocycles. The molecular formula is C10H15FN2O. The summed E-state index contributed by atoms with van der Waals surface area (Å²) < 4.78 is 17.7. The largest absolute Gasteiger partial charge is 0.397 e. The molecule has 1 aromatic rings. The Bertz CT molecular complexity index is 304. The van der Waals surface area contributed by atoms with Gasteiger partial charge in [0.15, 0.2) is 0 Å². The van der Waals surface area contributed by atoms with E-state index in [2.05, 4.69) is 0 Å². The minimum Gasteiger partial charge on any atom is -0.397 e. The molecule has 0 bridgehead atoms. The molecule has 0 amide bonds. The first-order chi connectivity index (χ1) is 6.65. The van der Waals surface area contributed by atoms with Gasteiger partial charge in [0, 0.05) is 20.7 Å². The zero-order chi connectivity index (χ0) is 10.6. The molecule has 0 atom stereocenters. The number of rotatable bonds is 4. The van der Waals surface area contributed by atoms with Gasteiger partial charge in [-0.25, -0.2) is 4.39 Å². The zero-order valence-electron chi connectivity index (χ0n) is 8.46. The van der Waals surface area contributed by atoms with Crippen molar-refractivity contribution < 1.29 is 9.13 Å². The molecule has 4 heteroatoms. The standard InChI is InChI=1S/C10H15FN2O/c1-13(5-6-14-2)10-4-3-8(11)7-9(10)12/h3-4,7H,5-6,12H2,1-2H3. The first-order valence-electron chi connectivity index (χ1n) is 4.40. The van der Waals surface area contributed by atoms with Crippen molar-refractivity contribution in [3.63, 3.8) is 0 Å². The van der Waals surface area contributed by atoms with E-state index < -0.39 is 0 Å². The number of nitrogens with two attached hydrogens (primary N) is 1. The summed E-state index contributed by atoms with van der Waals surface area (Å²) in [7, 11) is 3.53. The van der Waals surface area contributed by atoms with E-state index in [9.17, 15) is 4.39 Å². The van der Waals surface area contributed by atoms with Crippen molar-refractivity contribution in [1.82, 2.24) is 0 Å². The maximum absolute atomic E-state index is 12.7. The molecule has 1 rings (SSSR count). The maximum atomic E-state index is 12.7. The van der Waals surface area contributed by atoms with E-state index in [4.69, 9.17) is 10.5 Å². The lowest BCUT2D eigenvalue weighted by Gasteiger charge is -2.20. The number of benzene rings is 1. The van der Waals surface area contributed by atoms with Crippen LogP contribution in [-0.2, 0) is 4.74 Å². The molecular weight excluding hydrogens is 183 g/mol. The van der Waals surface area contributed by atoms with Gasteiger partial charge in [0.05, 0.1) is 18.0 Å². The number of halogens is 1. The lowest BCUT2D eigenvalue weighted by Crippen LogP contribution is -2.23. The Kier molecular flexibility index (Phi) is 3.71. The summed E-state index contributed by atoms with van der Waals surface area (Å²) in [6.45, 7) is 1.35. The van der Waals surface area contributed by atoms with Gasteiger partial charge < -0.3 is 15.4 Å². The fourth-order valence-corrected chi connectivity index (χ4v) is 1.22. The SMILES string of the molecule is COCCN(C)c1ccc(F)cc1N. The highest BCUT2D eigenvalue weighted by molar-refractivity contribution is 5.67. The Labute approximate surface area is 83.3 Å². The third-order valence-electron chi connectivity index (χ3n) is 2.03. The molecule has 1 aromatic carbocycles. The van der Waals surface area contributed by atoms with Crippen molar-refractivity contribution in [2.45, 2.75) is 0 Å². The quantitative estimate of drug-likeness (QED) is 0.745. The van der Waals surface area contributed by atoms with Crippen molar-refractivity contribution in [3.8, 4) is 0 Å². The second kappa shape index (κ2) is 4.81. The highest BCUT2D eigenvalue weighted by Crippen LogP contribution is 2.22. The van der Waals surface area contributed by atoms with E-state index in [0.717, 1.165) is 12.2 Å². The van der Waals surface area contributed by atoms with Gasteiger partial charge in [-0.2, -0.15) is 0 Å². The molecule has 0 spiro atoms. The fourth-order valence-electron chi connectivity index (χ4n) is 1.22. The molecule has 2 N–H and O–H groups in total. The molecule has 0 aliphatic heterocycles. The van der Waals surface area contributed by atoms with Gasteiger partial charge >= 0.3 is 0 Å². The number of nitrogen functional groups attached to an aromatic ring is 1. The van der Waals surface area contributed by atoms with Crippen molar-refractivity contribution >= 4 is 11.4 Å². The Morgan fingerprint density at radius 3 is 2.79 bits per heavy atom. The number of methoxy groups -OCH3 is 1. The number of anilines is 2. The van der Waals surface area contributed by atoms with Crippen LogP contribution in [0, 0.1) is 5.82 Å². The van der Waals surface area contributed by atoms with E-state index in [1.54, 1.807) is 13.2 Å². The van der Waals surface area contributed by atoms with Crippen LogP contribution in [0.1, 0.15) is 0 Å². The van der Waals surface area contributed by atoms with Gasteiger partial charge in [-0.3, -0.25) is 0 Å². The van der Waals surface area contributed by atoms with Crippen molar-refractivity contribution in [2.75, 3.05) is 37.9 Å². The topological polar surface area (TPSA) is 38.5 Å². The molecule has 0 aliphatic carbocycles. The summed E-state index contributed by atoms with van der Waals surface area (Å²) in [4.78, 5) is 1.93. The molecule has 0 radical (unpaired) electrons. The van der Waals surface area contributed by atoms with Gasteiger partial charge in [-0.05, 0) is 18.2 Å². The highest BCUT2D eigenvalue weighted by Gasteiger charge is 2.05. The summed E-state index contributed by atoms with van der Waals surface area (Å²) in [5, 5.41) is 0. The van der Waals surface area contributed by atoms with Gasteiger partial charge in [-0.1, -0.05) is 0 Å². The van der Waals surface area contributed by atoms with E-state index in [-0.39, 0.29) is 5.82 Å². The molecule has 0 fully saturated rings. The average Bonchev–Trinajstić information content (AvgIpc) is 2.14. The second-order valence-corrected chi connectivity index (χ2v) is 3.12. The van der Waals surface area contributed by atoms with Crippen molar-refractivity contribution in [3.05, 3.63) is 24.0 Å². The molecule has 14 heavy (non-hydrogen) atoms. The maximum Gasteiger partial charge on any atom is 0.125 e. The van der Waals surface area contributed by atoms with Gasteiger partial charge in [0.25, 0.3) is 0 Å². The fraction of sp³-hybridized carbons (Fsp3) is 0.400. The highest BCUT2D eigenvalue weighted by atomic mass is 19.1. The number of likely N-dealkylation sites (N-methyl/N-ethyl adjacent to an activating group) is 1. The van der Waals surface area contributed by atoms with Crippen LogP contribution < -0.4 is 10.6 Å². The van der Waals surface area contributed by atoms with Crippen LogP contribution in [-0.4, -0.2) is 27.3 Å². The third-order valence-corrected chi connectivity index (χ3v) is 2.03. The van der Waals surface area contributed by atoms with Crippen LogP contribution >= 0.6 is 0 Å². The van der Waals surface area contributed by atoms with E-state index in [1.165, 1.54) is 12.1 Å². The summed E-state index contributed by atoms with van der Waals surface area (Å²) in [6.07, 6.45) is 0. The summed E-state index contributed by atoms with van der Waals surface area (Å²) in [5.41, 5.74) is 6.94. The zero-order valence-corrected chi connectivity index (χ0v) is 8.46. The Balaban J connectivity index is 2.74. The van der Waals surface area contributed by atoms with Crippen LogP contribution in [0.3, 0.4) is 0 Å². The number of hydrogen-bond donors (Lipinski definition) is 1. The van der Waals surface area contributed by atoms with Crippen molar-refractivity contribution in [2.24, 2.45) is 0 Å². The smallest absolute Gasteiger partial charge is 0.125 e. The van der Waals surface area contributed by atoms with Crippen LogP contribution in [0.15, 0.2) is 18.2 Å². The Morgan fingerprint density at radius 2 is 2.21 bits per heavy atom. The lowest BCUT2D eigenvalue weighted by molar-refractivity contribution is 0.206. The lowest BCUT2D eigenvalue weighted by atomic mass is 10.2. The van der Waals surface area contributed by atoms with Crippen LogP contribution in [0.25, 0.3) is 0 Å². The third kappa shape index (κ3) is 2.60. The summed E-state index contributed by atoms with van der Waals surface area (Å²) in [5.74, 6) is -0.314. The molecule has 0 saturated carbocycles. The van der Waals surface area contributed by atoms with Crippen molar-refractivity contribution in [1.29, 1.82) is 0 Å².